The summed E-state index contributed by atoms with van der Waals surface area (Å²) < 4.78 is 0. The average molecular weight is 219 g/mol. The van der Waals surface area contributed by atoms with Gasteiger partial charge in [-0.3, -0.25) is 0 Å². The van der Waals surface area contributed by atoms with Crippen molar-refractivity contribution in [1.82, 2.24) is 5.32 Å². The second-order valence-electron chi connectivity index (χ2n) is 5.24. The highest BCUT2D eigenvalue weighted by Crippen LogP contribution is 2.14. The molecule has 0 aliphatic rings. The van der Waals surface area contributed by atoms with Crippen LogP contribution in [0.4, 0.5) is 0 Å². The van der Waals surface area contributed by atoms with E-state index in [1.165, 1.54) is 11.1 Å². The van der Waals surface area contributed by atoms with Crippen LogP contribution in [0.3, 0.4) is 0 Å². The monoisotopic (exact) mass is 219 g/mol. The Labute approximate surface area is 100 Å². The molecule has 0 aromatic heterocycles. The van der Waals surface area contributed by atoms with Gasteiger partial charge in [0.25, 0.3) is 0 Å². The third-order valence-corrected chi connectivity index (χ3v) is 2.79. The van der Waals surface area contributed by atoms with Crippen LogP contribution < -0.4 is 5.32 Å². The summed E-state index contributed by atoms with van der Waals surface area (Å²) in [6.07, 6.45) is 1.13. The molecule has 1 aromatic carbocycles. The second-order valence-corrected chi connectivity index (χ2v) is 5.24. The van der Waals surface area contributed by atoms with E-state index in [0.717, 1.165) is 25.4 Å². The molecule has 0 amide bonds. The zero-order valence-electron chi connectivity index (χ0n) is 11.1. The third-order valence-electron chi connectivity index (χ3n) is 2.79. The maximum atomic E-state index is 3.47. The smallest absolute Gasteiger partial charge is 0.000824 e. The fraction of sp³-hybridized carbons (Fsp3) is 0.600. The molecule has 0 spiro atoms. The summed E-state index contributed by atoms with van der Waals surface area (Å²) in [5.41, 5.74) is 2.86. The van der Waals surface area contributed by atoms with Crippen molar-refractivity contribution in [2.75, 3.05) is 13.1 Å². The number of hydrogen-bond donors (Lipinski definition) is 1. The van der Waals surface area contributed by atoms with Gasteiger partial charge in [0.15, 0.2) is 0 Å². The van der Waals surface area contributed by atoms with E-state index in [-0.39, 0.29) is 0 Å². The van der Waals surface area contributed by atoms with Crippen LogP contribution in [0, 0.1) is 5.92 Å². The van der Waals surface area contributed by atoms with Gasteiger partial charge < -0.3 is 5.32 Å². The Morgan fingerprint density at radius 3 is 2.12 bits per heavy atom. The predicted octanol–water partition coefficient (Wildman–Crippen LogP) is 3.60. The molecule has 0 saturated heterocycles. The number of nitrogens with one attached hydrogen (secondary N) is 1. The normalized spacial score (nSPS) is 11.4. The maximum absolute atomic E-state index is 3.47. The van der Waals surface area contributed by atoms with Crippen LogP contribution in [0.15, 0.2) is 24.3 Å². The van der Waals surface area contributed by atoms with E-state index in [4.69, 9.17) is 0 Å². The molecule has 90 valence electrons. The lowest BCUT2D eigenvalue weighted by molar-refractivity contribution is 0.554. The first-order valence-electron chi connectivity index (χ1n) is 6.39. The highest BCUT2D eigenvalue weighted by molar-refractivity contribution is 5.24. The lowest BCUT2D eigenvalue weighted by atomic mass is 10.0. The van der Waals surface area contributed by atoms with E-state index in [0.29, 0.717) is 5.92 Å². The van der Waals surface area contributed by atoms with Gasteiger partial charge in [0.1, 0.15) is 0 Å². The molecule has 0 bridgehead atoms. The molecule has 1 rings (SSSR count). The molecule has 0 heterocycles. The van der Waals surface area contributed by atoms with Gasteiger partial charge in [-0.25, -0.2) is 0 Å². The number of rotatable bonds is 6. The van der Waals surface area contributed by atoms with Crippen LogP contribution in [0.2, 0.25) is 0 Å². The largest absolute Gasteiger partial charge is 0.316 e. The zero-order valence-corrected chi connectivity index (χ0v) is 11.1. The first-order valence-corrected chi connectivity index (χ1v) is 6.39. The Morgan fingerprint density at radius 1 is 1.00 bits per heavy atom. The van der Waals surface area contributed by atoms with E-state index >= 15 is 0 Å². The lowest BCUT2D eigenvalue weighted by Gasteiger charge is -2.09. The van der Waals surface area contributed by atoms with Crippen molar-refractivity contribution in [3.8, 4) is 0 Å². The van der Waals surface area contributed by atoms with Gasteiger partial charge >= 0.3 is 0 Å². The van der Waals surface area contributed by atoms with E-state index < -0.39 is 0 Å². The molecule has 1 N–H and O–H groups in total. The molecule has 16 heavy (non-hydrogen) atoms. The molecule has 0 unspecified atom stereocenters. The first-order chi connectivity index (χ1) is 7.59. The van der Waals surface area contributed by atoms with Gasteiger partial charge in [-0.05, 0) is 42.5 Å². The Balaban J connectivity index is 2.32. The Kier molecular flexibility index (Phi) is 5.54. The molecule has 1 aromatic rings. The van der Waals surface area contributed by atoms with E-state index in [2.05, 4.69) is 57.3 Å². The molecule has 0 radical (unpaired) electrons. The van der Waals surface area contributed by atoms with Crippen molar-refractivity contribution in [2.45, 2.75) is 40.0 Å². The lowest BCUT2D eigenvalue weighted by Crippen LogP contribution is -2.22. The van der Waals surface area contributed by atoms with E-state index in [1.807, 2.05) is 0 Å². The highest BCUT2D eigenvalue weighted by atomic mass is 14.8. The zero-order chi connectivity index (χ0) is 12.0. The summed E-state index contributed by atoms with van der Waals surface area (Å²) in [5, 5.41) is 3.47. The van der Waals surface area contributed by atoms with Crippen LogP contribution in [0.5, 0.6) is 0 Å². The summed E-state index contributed by atoms with van der Waals surface area (Å²) >= 11 is 0. The molecule has 1 heteroatoms. The van der Waals surface area contributed by atoms with Gasteiger partial charge in [-0.2, -0.15) is 0 Å². The fourth-order valence-corrected chi connectivity index (χ4v) is 1.69. The SMILES string of the molecule is CC(C)CNCCc1ccc(C(C)C)cc1. The van der Waals surface area contributed by atoms with Crippen LogP contribution in [0.1, 0.15) is 44.7 Å². The fourth-order valence-electron chi connectivity index (χ4n) is 1.69. The minimum absolute atomic E-state index is 0.633. The van der Waals surface area contributed by atoms with Crippen molar-refractivity contribution in [2.24, 2.45) is 5.92 Å². The van der Waals surface area contributed by atoms with E-state index in [1.54, 1.807) is 0 Å². The molecular weight excluding hydrogens is 194 g/mol. The van der Waals surface area contributed by atoms with Gasteiger partial charge in [0.2, 0.25) is 0 Å². The van der Waals surface area contributed by atoms with E-state index in [9.17, 15) is 0 Å². The van der Waals surface area contributed by atoms with Gasteiger partial charge in [-0.15, -0.1) is 0 Å². The van der Waals surface area contributed by atoms with Crippen LogP contribution >= 0.6 is 0 Å². The van der Waals surface area contributed by atoms with Crippen LogP contribution in [0.25, 0.3) is 0 Å². The minimum atomic E-state index is 0.633. The standard InChI is InChI=1S/C15H25N/c1-12(2)11-16-10-9-14-5-7-15(8-6-14)13(3)4/h5-8,12-13,16H,9-11H2,1-4H3. The molecule has 1 nitrogen and oxygen atoms in total. The first kappa shape index (κ1) is 13.2. The van der Waals surface area contributed by atoms with Crippen molar-refractivity contribution in [3.63, 3.8) is 0 Å². The summed E-state index contributed by atoms with van der Waals surface area (Å²) in [6, 6.07) is 9.02. The molecule has 0 saturated carbocycles. The van der Waals surface area contributed by atoms with Gasteiger partial charge in [-0.1, -0.05) is 52.0 Å². The second kappa shape index (κ2) is 6.70. The topological polar surface area (TPSA) is 12.0 Å². The average Bonchev–Trinajstić information content (AvgIpc) is 2.25. The van der Waals surface area contributed by atoms with Gasteiger partial charge in [0.05, 0.1) is 0 Å². The van der Waals surface area contributed by atoms with Crippen molar-refractivity contribution in [1.29, 1.82) is 0 Å². The Hall–Kier alpha value is -0.820. The Bertz CT molecular complexity index is 285. The summed E-state index contributed by atoms with van der Waals surface area (Å²) in [5.74, 6) is 1.37. The molecule has 0 aliphatic heterocycles. The summed E-state index contributed by atoms with van der Waals surface area (Å²) in [7, 11) is 0. The Morgan fingerprint density at radius 2 is 1.62 bits per heavy atom. The minimum Gasteiger partial charge on any atom is -0.316 e. The molecule has 0 fully saturated rings. The van der Waals surface area contributed by atoms with Crippen molar-refractivity contribution in [3.05, 3.63) is 35.4 Å². The quantitative estimate of drug-likeness (QED) is 0.721. The highest BCUT2D eigenvalue weighted by Gasteiger charge is 1.99. The van der Waals surface area contributed by atoms with Gasteiger partial charge in [0, 0.05) is 0 Å². The predicted molar refractivity (Wildman–Crippen MR) is 71.9 cm³/mol. The van der Waals surface area contributed by atoms with Crippen LogP contribution in [-0.4, -0.2) is 13.1 Å². The molecular formula is C15H25N. The summed E-state index contributed by atoms with van der Waals surface area (Å²) in [6.45, 7) is 11.1. The van der Waals surface area contributed by atoms with Crippen LogP contribution in [-0.2, 0) is 6.42 Å². The van der Waals surface area contributed by atoms with Crippen molar-refractivity contribution >= 4 is 0 Å². The molecule has 0 aliphatic carbocycles. The number of hydrogen-bond acceptors (Lipinski definition) is 1. The third kappa shape index (κ3) is 4.80. The van der Waals surface area contributed by atoms with Crippen molar-refractivity contribution < 1.29 is 0 Å². The number of benzene rings is 1. The molecule has 0 atom stereocenters. The maximum Gasteiger partial charge on any atom is -0.000824 e. The summed E-state index contributed by atoms with van der Waals surface area (Å²) in [4.78, 5) is 0.